The largest absolute Gasteiger partial charge is 0.468 e. The van der Waals surface area contributed by atoms with Crippen molar-refractivity contribution in [3.63, 3.8) is 0 Å². The summed E-state index contributed by atoms with van der Waals surface area (Å²) in [5.74, 6) is -1.79. The molecular formula is C52H80O10. The predicted molar refractivity (Wildman–Crippen MR) is 234 cm³/mol. The minimum absolute atomic E-state index is 0.130. The lowest BCUT2D eigenvalue weighted by Gasteiger charge is -2.71. The van der Waals surface area contributed by atoms with Gasteiger partial charge in [0.05, 0.1) is 61.2 Å². The molecule has 0 aliphatic heterocycles. The molecule has 348 valence electrons. The van der Waals surface area contributed by atoms with Gasteiger partial charge in [-0.05, 0) is 164 Å². The van der Waals surface area contributed by atoms with Crippen molar-refractivity contribution in [3.8, 4) is 0 Å². The molecule has 10 heteroatoms. The number of Topliss-reactive ketones (excluding diaryl/α,β-unsaturated/α-hetero) is 1. The van der Waals surface area contributed by atoms with Crippen LogP contribution in [0, 0.1) is 84.2 Å². The lowest BCUT2D eigenvalue weighted by atomic mass is 9.33. The number of rotatable bonds is 4. The van der Waals surface area contributed by atoms with Crippen LogP contribution in [0.25, 0.3) is 0 Å². The van der Waals surface area contributed by atoms with Crippen LogP contribution in [-0.2, 0) is 14.3 Å². The van der Waals surface area contributed by atoms with Crippen molar-refractivity contribution in [2.45, 2.75) is 189 Å². The number of hydrogen-bond acceptors (Lipinski definition) is 10. The van der Waals surface area contributed by atoms with E-state index in [1.54, 1.807) is 0 Å². The quantitative estimate of drug-likeness (QED) is 0.155. The van der Waals surface area contributed by atoms with Crippen molar-refractivity contribution >= 4 is 11.8 Å². The highest BCUT2D eigenvalue weighted by Crippen LogP contribution is 2.77. The molecule has 0 aromatic carbocycles. The zero-order valence-corrected chi connectivity index (χ0v) is 39.5. The zero-order chi connectivity index (χ0) is 45.3. The first-order valence-corrected chi connectivity index (χ1v) is 24.5. The van der Waals surface area contributed by atoms with Crippen LogP contribution in [0.5, 0.6) is 0 Å². The number of allylic oxidation sites excluding steroid dienone is 3. The fourth-order valence-corrected chi connectivity index (χ4v) is 19.5. The third kappa shape index (κ3) is 5.18. The summed E-state index contributed by atoms with van der Waals surface area (Å²) in [6, 6.07) is 0. The first kappa shape index (κ1) is 45.5. The highest BCUT2D eigenvalue weighted by atomic mass is 16.5. The van der Waals surface area contributed by atoms with Crippen LogP contribution in [0.3, 0.4) is 0 Å². The van der Waals surface area contributed by atoms with E-state index in [-0.39, 0.29) is 58.1 Å². The second-order valence-electron chi connectivity index (χ2n) is 25.4. The molecule has 9 aliphatic carbocycles. The van der Waals surface area contributed by atoms with Crippen molar-refractivity contribution in [3.05, 3.63) is 22.8 Å². The summed E-state index contributed by atoms with van der Waals surface area (Å²) in [7, 11) is 1.50. The van der Waals surface area contributed by atoms with Gasteiger partial charge in [0.25, 0.3) is 0 Å². The Morgan fingerprint density at radius 3 is 2.13 bits per heavy atom. The number of methoxy groups -OCH3 is 1. The van der Waals surface area contributed by atoms with Crippen LogP contribution in [0.4, 0.5) is 0 Å². The van der Waals surface area contributed by atoms with E-state index in [9.17, 15) is 40.5 Å². The highest BCUT2D eigenvalue weighted by molar-refractivity contribution is 5.89. The van der Waals surface area contributed by atoms with Gasteiger partial charge in [0, 0.05) is 17.8 Å². The number of ketones is 1. The summed E-state index contributed by atoms with van der Waals surface area (Å²) < 4.78 is 5.71. The fourth-order valence-electron chi connectivity index (χ4n) is 19.5. The number of carbonyl (C=O) groups is 2. The molecule has 0 aromatic heterocycles. The van der Waals surface area contributed by atoms with E-state index in [1.807, 2.05) is 13.8 Å². The molecule has 0 amide bonds. The number of esters is 1. The molecule has 9 aliphatic rings. The molecule has 1 unspecified atom stereocenters. The predicted octanol–water partition coefficient (Wildman–Crippen LogP) is 6.45. The van der Waals surface area contributed by atoms with E-state index in [4.69, 9.17) is 4.74 Å². The van der Waals surface area contributed by atoms with E-state index < -0.39 is 87.6 Å². The van der Waals surface area contributed by atoms with E-state index in [2.05, 4.69) is 54.5 Å². The summed E-state index contributed by atoms with van der Waals surface area (Å²) in [5.41, 5.74) is -2.12. The molecule has 0 heterocycles. The molecular weight excluding hydrogens is 785 g/mol. The highest BCUT2D eigenvalue weighted by Gasteiger charge is 2.78. The maximum absolute atomic E-state index is 15.1. The van der Waals surface area contributed by atoms with Crippen LogP contribution in [0.15, 0.2) is 22.8 Å². The first-order chi connectivity index (χ1) is 28.8. The van der Waals surface area contributed by atoms with Crippen molar-refractivity contribution in [2.24, 2.45) is 84.2 Å². The third-order valence-corrected chi connectivity index (χ3v) is 22.8. The Labute approximate surface area is 370 Å². The lowest BCUT2D eigenvalue weighted by Crippen LogP contribution is -2.79. The van der Waals surface area contributed by atoms with Crippen molar-refractivity contribution < 1.29 is 50.1 Å². The maximum Gasteiger partial charge on any atom is 0.316 e. The van der Waals surface area contributed by atoms with Gasteiger partial charge in [-0.25, -0.2) is 0 Å². The summed E-state index contributed by atoms with van der Waals surface area (Å²) in [6.07, 6.45) is 4.77. The lowest BCUT2D eigenvalue weighted by molar-refractivity contribution is -0.316. The van der Waals surface area contributed by atoms with Crippen LogP contribution in [-0.4, -0.2) is 97.8 Å². The molecule has 9 rings (SSSR count). The van der Waals surface area contributed by atoms with Gasteiger partial charge < -0.3 is 40.5 Å². The van der Waals surface area contributed by atoms with Crippen LogP contribution in [0.1, 0.15) is 152 Å². The van der Waals surface area contributed by atoms with Crippen molar-refractivity contribution in [2.75, 3.05) is 13.7 Å². The Hall–Kier alpha value is -1.66. The minimum Gasteiger partial charge on any atom is -0.468 e. The monoisotopic (exact) mass is 865 g/mol. The molecule has 10 nitrogen and oxygen atoms in total. The standard InChI is InChI=1S/C52H80O10/c1-27-37-30-12-14-33-47(7)25-31(54)41(59)45(4,5)32(47)15-18-49(33,9)48(30,8)20-22-50(37,43(61)62-10)21-19-46(27,6)24-28-23-36(56)52-34(13-11-29(28)40(52)58)51(26-53)35(55)16-17-44(2,3)39(51)38(57)42(52)60/h12,28-29,31-35,38-42,53-55,57-60H,11,13-26H2,1-10H3/t28-,29+,31-,32+,33-,34+,35+,38+,39-,40-,41+,42?,46+,47+,48-,49-,50+,51-,52+/m1/s1. The topological polar surface area (TPSA) is 185 Å². The zero-order valence-electron chi connectivity index (χ0n) is 39.5. The molecule has 7 N–H and O–H groups in total. The van der Waals surface area contributed by atoms with Gasteiger partial charge in [-0.3, -0.25) is 9.59 Å². The summed E-state index contributed by atoms with van der Waals surface area (Å²) >= 11 is 0. The average molecular weight is 865 g/mol. The molecule has 1 spiro atoms. The first-order valence-electron chi connectivity index (χ1n) is 24.5. The number of aliphatic hydroxyl groups excluding tert-OH is 7. The van der Waals surface area contributed by atoms with E-state index in [0.717, 1.165) is 43.3 Å². The van der Waals surface area contributed by atoms with Crippen molar-refractivity contribution in [1.29, 1.82) is 0 Å². The molecule has 7 saturated carbocycles. The van der Waals surface area contributed by atoms with Gasteiger partial charge in [0.15, 0.2) is 0 Å². The number of ether oxygens (including phenoxy) is 1. The molecule has 0 saturated heterocycles. The van der Waals surface area contributed by atoms with Crippen LogP contribution in [0.2, 0.25) is 0 Å². The Morgan fingerprint density at radius 1 is 0.790 bits per heavy atom. The van der Waals surface area contributed by atoms with E-state index >= 15 is 4.79 Å². The van der Waals surface area contributed by atoms with Gasteiger partial charge in [0.1, 0.15) is 5.78 Å². The number of hydrogen-bond donors (Lipinski definition) is 7. The third-order valence-electron chi connectivity index (χ3n) is 22.8. The van der Waals surface area contributed by atoms with Gasteiger partial charge in [-0.1, -0.05) is 67.0 Å². The summed E-state index contributed by atoms with van der Waals surface area (Å²) in [4.78, 5) is 29.4. The average Bonchev–Trinajstić information content (AvgIpc) is 3.20. The Balaban J connectivity index is 1.09. The Bertz CT molecular complexity index is 1950. The van der Waals surface area contributed by atoms with Crippen molar-refractivity contribution in [1.82, 2.24) is 0 Å². The SMILES string of the molecule is COC(=O)[C@]12CC[C@@](C)(C[C@H]3CC(=O)[C@@]45C(O)[C@@H](O)[C@@H]6C(C)(C)CC[C@H](O)[C@@]6(CO)[C@@H]4CC[C@@H]3[C@H]5O)C(C)=C1C1=CC[C@@H]3[C@@]4(C)C[C@@H](O)[C@H](O)C(C)(C)[C@@H]4CC[C@@]3(C)[C@]1(C)CC2. The molecule has 7 fully saturated rings. The normalized spacial score (nSPS) is 55.0. The Morgan fingerprint density at radius 2 is 1.47 bits per heavy atom. The maximum atomic E-state index is 15.1. The number of aliphatic hydroxyl groups is 7. The van der Waals surface area contributed by atoms with Gasteiger partial charge in [-0.2, -0.15) is 0 Å². The minimum atomic E-state index is -1.69. The van der Waals surface area contributed by atoms with Gasteiger partial charge in [0.2, 0.25) is 0 Å². The van der Waals surface area contributed by atoms with E-state index in [0.29, 0.717) is 51.4 Å². The molecule has 0 aromatic rings. The van der Waals surface area contributed by atoms with Crippen LogP contribution >= 0.6 is 0 Å². The second-order valence-corrected chi connectivity index (χ2v) is 25.4. The summed E-state index contributed by atoms with van der Waals surface area (Å²) in [6.45, 7) is 19.6. The number of fused-ring (bicyclic) bond motifs is 10. The van der Waals surface area contributed by atoms with Gasteiger partial charge in [-0.15, -0.1) is 0 Å². The molecule has 0 radical (unpaired) electrons. The van der Waals surface area contributed by atoms with Gasteiger partial charge >= 0.3 is 5.97 Å². The Kier molecular flexibility index (Phi) is 10.2. The second kappa shape index (κ2) is 13.9. The molecule has 62 heavy (non-hydrogen) atoms. The smallest absolute Gasteiger partial charge is 0.316 e. The number of carbonyl (C=O) groups excluding carboxylic acids is 2. The fraction of sp³-hybridized carbons (Fsp3) is 0.885. The summed E-state index contributed by atoms with van der Waals surface area (Å²) in [5, 5.41) is 82.5. The van der Waals surface area contributed by atoms with Crippen LogP contribution < -0.4 is 0 Å². The molecule has 2 bridgehead atoms. The molecule has 19 atom stereocenters. The van der Waals surface area contributed by atoms with E-state index in [1.165, 1.54) is 12.7 Å².